The second kappa shape index (κ2) is 26.4. The van der Waals surface area contributed by atoms with Crippen molar-refractivity contribution >= 4 is 47.4 Å². The van der Waals surface area contributed by atoms with Crippen LogP contribution in [0, 0.1) is 10.1 Å². The second-order valence-corrected chi connectivity index (χ2v) is 17.9. The van der Waals surface area contributed by atoms with Crippen molar-refractivity contribution in [1.82, 2.24) is 5.32 Å². The Morgan fingerprint density at radius 1 is 0.551 bits per heavy atom. The van der Waals surface area contributed by atoms with Crippen molar-refractivity contribution in [3.63, 3.8) is 0 Å². The van der Waals surface area contributed by atoms with E-state index in [2.05, 4.69) is 5.32 Å². The molecule has 0 spiro atoms. The van der Waals surface area contributed by atoms with Gasteiger partial charge in [-0.3, -0.25) is 29.3 Å². The zero-order valence-corrected chi connectivity index (χ0v) is 42.5. The lowest BCUT2D eigenvalue weighted by molar-refractivity contribution is -0.384. The first-order chi connectivity index (χ1) is 37.3. The normalized spacial score (nSPS) is 28.6. The first kappa shape index (κ1) is 57.8. The minimum Gasteiger partial charge on any atom is -0.463 e. The topological polar surface area (TPSA) is 326 Å². The fraction of sp³-hybridized carbons (Fsp3) is 0.415. The summed E-state index contributed by atoms with van der Waals surface area (Å²) in [6, 6.07) is 26.0. The summed E-state index contributed by atoms with van der Waals surface area (Å²) in [5.74, 6) is -6.55. The van der Waals surface area contributed by atoms with E-state index >= 15 is 0 Å². The summed E-state index contributed by atoms with van der Waals surface area (Å²) in [4.78, 5) is 105. The molecule has 3 aliphatic rings. The Hall–Kier alpha value is -7.91. The van der Waals surface area contributed by atoms with Gasteiger partial charge >= 0.3 is 35.8 Å². The number of aliphatic hydroxyl groups is 2. The Morgan fingerprint density at radius 3 is 1.50 bits per heavy atom. The molecule has 0 aromatic heterocycles. The van der Waals surface area contributed by atoms with Crippen LogP contribution in [0.15, 0.2) is 115 Å². The van der Waals surface area contributed by atoms with Crippen LogP contribution in [0.2, 0.25) is 0 Å². The molecule has 25 heteroatoms. The fourth-order valence-corrected chi connectivity index (χ4v) is 8.74. The largest absolute Gasteiger partial charge is 0.463 e. The molecule has 3 aliphatic heterocycles. The average Bonchev–Trinajstić information content (AvgIpc) is 3.47. The van der Waals surface area contributed by atoms with Gasteiger partial charge in [-0.1, -0.05) is 54.6 Å². The number of non-ortho nitro benzene ring substituents is 1. The Labute approximate surface area is 444 Å². The lowest BCUT2D eigenvalue weighted by Gasteiger charge is -2.50. The molecule has 3 N–H and O–H groups in total. The number of aliphatic hydroxyl groups excluding tert-OH is 2. The maximum atomic E-state index is 14.3. The maximum Gasteiger partial charge on any atom is 0.338 e. The summed E-state index contributed by atoms with van der Waals surface area (Å²) in [5, 5.41) is 36.5. The molecule has 0 saturated carbocycles. The Morgan fingerprint density at radius 2 is 1.01 bits per heavy atom. The number of hydrogen-bond donors (Lipinski definition) is 3. The van der Waals surface area contributed by atoms with Gasteiger partial charge in [0.1, 0.15) is 42.8 Å². The number of hydrogen-bond acceptors (Lipinski definition) is 23. The molecular weight excluding hydrogens is 1030 g/mol. The zero-order chi connectivity index (χ0) is 56.2. The van der Waals surface area contributed by atoms with Gasteiger partial charge < -0.3 is 72.4 Å². The monoisotopic (exact) mass is 1090 g/mol. The van der Waals surface area contributed by atoms with Gasteiger partial charge in [-0.15, -0.1) is 0 Å². The summed E-state index contributed by atoms with van der Waals surface area (Å²) in [6.07, 6.45) is -25.0. The molecule has 15 atom stereocenters. The fourth-order valence-electron chi connectivity index (χ4n) is 8.74. The summed E-state index contributed by atoms with van der Waals surface area (Å²) < 4.78 is 73.3. The van der Waals surface area contributed by atoms with Crippen molar-refractivity contribution in [2.75, 3.05) is 13.2 Å². The highest BCUT2D eigenvalue weighted by Gasteiger charge is 2.59. The van der Waals surface area contributed by atoms with E-state index in [1.807, 2.05) is 0 Å². The van der Waals surface area contributed by atoms with Crippen LogP contribution in [0.1, 0.15) is 65.7 Å². The molecule has 3 saturated heterocycles. The number of esters is 6. The number of nitrogens with zero attached hydrogens (tertiary/aromatic N) is 1. The minimum atomic E-state index is -2.07. The number of nitro benzene ring substituents is 1. The van der Waals surface area contributed by atoms with Gasteiger partial charge in [0.05, 0.1) is 34.3 Å². The quantitative estimate of drug-likeness (QED) is 0.0526. The van der Waals surface area contributed by atoms with Gasteiger partial charge in [0.25, 0.3) is 5.69 Å². The number of carbonyl (C=O) groups excluding carboxylic acids is 7. The third-order valence-corrected chi connectivity index (χ3v) is 12.2. The van der Waals surface area contributed by atoms with Gasteiger partial charge in [0.15, 0.2) is 49.2 Å². The number of nitro groups is 1. The van der Waals surface area contributed by atoms with Crippen LogP contribution in [0.3, 0.4) is 0 Å². The van der Waals surface area contributed by atoms with Crippen LogP contribution in [0.5, 0.6) is 5.75 Å². The summed E-state index contributed by atoms with van der Waals surface area (Å²) in [7, 11) is 0. The molecule has 0 aliphatic carbocycles. The van der Waals surface area contributed by atoms with Crippen LogP contribution < -0.4 is 10.1 Å². The second-order valence-electron chi connectivity index (χ2n) is 17.9. The Kier molecular flexibility index (Phi) is 19.6. The zero-order valence-electron chi connectivity index (χ0n) is 42.5. The number of rotatable bonds is 19. The molecule has 78 heavy (non-hydrogen) atoms. The minimum absolute atomic E-state index is 0.0169. The van der Waals surface area contributed by atoms with Gasteiger partial charge in [-0.05, 0) is 55.5 Å². The van der Waals surface area contributed by atoms with E-state index in [9.17, 15) is 53.9 Å². The standard InChI is InChI=1S/C53H56N2O23/c1-27-41(74-48(62)32-15-9-6-10-16-32)44(75-49(63)33-17-11-7-12-18-33)46(76-50(64)34-19-13-8-14-20-34)52(68-27)78-47-45(70-31(5)60)42(69-30(4)59)38(26-67-29(3)58)73-53(47)77-43-39(54-28(2)57)51(72-37(25-56)40(43)61)71-36-23-21-35(22-24-36)55(65)66/h6-24,27,37-47,51-53,56,61H,25-26H2,1-5H3,(H,54,57)/t27-,37+,38+,39+,40+,41+,42-,43+,44+,45-,46-,47+,51+,52-,53?/m0/s1. The third-order valence-electron chi connectivity index (χ3n) is 12.2. The van der Waals surface area contributed by atoms with Gasteiger partial charge in [0, 0.05) is 39.8 Å². The van der Waals surface area contributed by atoms with Crippen LogP contribution in [-0.4, -0.2) is 162 Å². The van der Waals surface area contributed by atoms with Crippen LogP contribution in [-0.2, 0) is 71.3 Å². The van der Waals surface area contributed by atoms with E-state index in [1.165, 1.54) is 67.6 Å². The first-order valence-electron chi connectivity index (χ1n) is 24.3. The maximum absolute atomic E-state index is 14.3. The number of amides is 1. The molecule has 0 radical (unpaired) electrons. The van der Waals surface area contributed by atoms with Gasteiger partial charge in [-0.25, -0.2) is 14.4 Å². The van der Waals surface area contributed by atoms with Crippen molar-refractivity contribution in [2.45, 2.75) is 127 Å². The number of ether oxygens (including phenoxy) is 12. The lowest BCUT2D eigenvalue weighted by atomic mass is 9.94. The molecule has 3 heterocycles. The highest BCUT2D eigenvalue weighted by molar-refractivity contribution is 5.91. The lowest BCUT2D eigenvalue weighted by Crippen LogP contribution is -2.70. The van der Waals surface area contributed by atoms with Crippen LogP contribution >= 0.6 is 0 Å². The third kappa shape index (κ3) is 14.6. The Bertz CT molecular complexity index is 2730. The van der Waals surface area contributed by atoms with Crippen LogP contribution in [0.4, 0.5) is 5.69 Å². The van der Waals surface area contributed by atoms with Crippen LogP contribution in [0.25, 0.3) is 0 Å². The van der Waals surface area contributed by atoms with E-state index in [4.69, 9.17) is 56.8 Å². The molecular formula is C53H56N2O23. The highest BCUT2D eigenvalue weighted by atomic mass is 16.8. The number of nitrogens with one attached hydrogen (secondary N) is 1. The first-order valence-corrected chi connectivity index (χ1v) is 24.3. The molecule has 7 rings (SSSR count). The molecule has 4 aromatic carbocycles. The average molecular weight is 1090 g/mol. The number of benzene rings is 4. The van der Waals surface area contributed by atoms with Gasteiger partial charge in [0.2, 0.25) is 12.2 Å². The van der Waals surface area contributed by atoms with Crippen molar-refractivity contribution < 1.29 is 106 Å². The van der Waals surface area contributed by atoms with Crippen molar-refractivity contribution in [1.29, 1.82) is 0 Å². The molecule has 3 fully saturated rings. The van der Waals surface area contributed by atoms with Crippen molar-refractivity contribution in [3.05, 3.63) is 142 Å². The molecule has 0 bridgehead atoms. The molecule has 416 valence electrons. The predicted molar refractivity (Wildman–Crippen MR) is 261 cm³/mol. The number of carbonyl (C=O) groups is 7. The van der Waals surface area contributed by atoms with E-state index in [1.54, 1.807) is 42.5 Å². The van der Waals surface area contributed by atoms with Gasteiger partial charge in [-0.2, -0.15) is 0 Å². The summed E-state index contributed by atoms with van der Waals surface area (Å²) in [6.45, 7) is 3.97. The van der Waals surface area contributed by atoms with E-state index < -0.39 is 152 Å². The Balaban J connectivity index is 1.36. The van der Waals surface area contributed by atoms with Crippen molar-refractivity contribution in [3.8, 4) is 5.75 Å². The van der Waals surface area contributed by atoms with E-state index in [-0.39, 0.29) is 28.1 Å². The molecule has 1 unspecified atom stereocenters. The molecule has 25 nitrogen and oxygen atoms in total. The molecule has 1 amide bonds. The summed E-state index contributed by atoms with van der Waals surface area (Å²) >= 11 is 0. The predicted octanol–water partition coefficient (Wildman–Crippen LogP) is 2.90. The molecule has 4 aromatic rings. The van der Waals surface area contributed by atoms with E-state index in [0.29, 0.717) is 0 Å². The summed E-state index contributed by atoms with van der Waals surface area (Å²) in [5.41, 5.74) is -0.228. The van der Waals surface area contributed by atoms with Crippen molar-refractivity contribution in [2.24, 2.45) is 0 Å². The smallest absolute Gasteiger partial charge is 0.338 e. The van der Waals surface area contributed by atoms with E-state index in [0.717, 1.165) is 39.8 Å². The SMILES string of the molecule is CC(=O)N[C@H]1[C@H](Oc2ccc([N+](=O)[O-])cc2)O[C@H](CO)[C@@H](O)[C@@H]1OC1O[C@H](COC(C)=O)[C@H](OC(C)=O)[C@H](OC(C)=O)[C@H]1O[C@@H]1O[C@@H](C)[C@@H](OC(=O)c2ccccc2)[C@@H](OC(=O)c2ccccc2)[C@@H]1OC(=O)c1ccccc1. The highest BCUT2D eigenvalue weighted by Crippen LogP contribution is 2.38.